The van der Waals surface area contributed by atoms with Gasteiger partial charge in [-0.25, -0.2) is 0 Å². The van der Waals surface area contributed by atoms with Crippen molar-refractivity contribution in [3.63, 3.8) is 0 Å². The smallest absolute Gasteiger partial charge is 0.104 e. The van der Waals surface area contributed by atoms with E-state index in [1.165, 1.54) is 49.0 Å². The molecule has 0 unspecified atom stereocenters. The van der Waals surface area contributed by atoms with Gasteiger partial charge in [0, 0.05) is 0 Å². The van der Waals surface area contributed by atoms with Gasteiger partial charge in [0.05, 0.1) is 5.56 Å². The summed E-state index contributed by atoms with van der Waals surface area (Å²) in [6.45, 7) is 0. The van der Waals surface area contributed by atoms with Crippen LogP contribution in [0.3, 0.4) is 0 Å². The van der Waals surface area contributed by atoms with Gasteiger partial charge >= 0.3 is 0 Å². The summed E-state index contributed by atoms with van der Waals surface area (Å²) in [5.41, 5.74) is 7.70. The largest absolute Gasteiger partial charge is 0.389 e. The summed E-state index contributed by atoms with van der Waals surface area (Å²) in [6, 6.07) is 2.23. The number of nitrogens with zero attached hydrogens (tertiary/aromatic N) is 1. The second-order valence-corrected chi connectivity index (χ2v) is 4.79. The van der Waals surface area contributed by atoms with Crippen molar-refractivity contribution in [3.8, 4) is 6.07 Å². The number of anilines is 1. The van der Waals surface area contributed by atoms with Crippen LogP contribution in [0, 0.1) is 11.3 Å². The summed E-state index contributed by atoms with van der Waals surface area (Å²) in [5.74, 6) is 0.590. The molecule has 3 heteroatoms. The molecule has 1 aliphatic carbocycles. The van der Waals surface area contributed by atoms with Crippen LogP contribution < -0.4 is 5.73 Å². The minimum atomic E-state index is 0.590. The third-order valence-corrected chi connectivity index (χ3v) is 3.83. The first-order valence-corrected chi connectivity index (χ1v) is 5.98. The maximum atomic E-state index is 9.00. The zero-order valence-electron chi connectivity index (χ0n) is 8.12. The first-order valence-electron chi connectivity index (χ1n) is 5.10. The van der Waals surface area contributed by atoms with E-state index < -0.39 is 0 Å². The van der Waals surface area contributed by atoms with E-state index in [2.05, 4.69) is 11.4 Å². The van der Waals surface area contributed by atoms with Crippen molar-refractivity contribution in [2.24, 2.45) is 0 Å². The number of rotatable bonds is 1. The fraction of sp³-hybridized carbons (Fsp3) is 0.545. The highest BCUT2D eigenvalue weighted by Gasteiger charge is 2.20. The Morgan fingerprint density at radius 1 is 1.36 bits per heavy atom. The van der Waals surface area contributed by atoms with Gasteiger partial charge in [0.1, 0.15) is 11.1 Å². The number of nitriles is 1. The molecule has 1 heterocycles. The van der Waals surface area contributed by atoms with Crippen LogP contribution in [0.15, 0.2) is 5.38 Å². The summed E-state index contributed by atoms with van der Waals surface area (Å²) in [7, 11) is 0. The Balaban J connectivity index is 2.26. The third-order valence-electron chi connectivity index (χ3n) is 3.00. The van der Waals surface area contributed by atoms with Gasteiger partial charge in [-0.15, -0.1) is 11.3 Å². The topological polar surface area (TPSA) is 49.8 Å². The summed E-state index contributed by atoms with van der Waals surface area (Å²) in [5, 5.41) is 11.8. The predicted molar refractivity (Wildman–Crippen MR) is 59.3 cm³/mol. The van der Waals surface area contributed by atoms with Crippen molar-refractivity contribution in [3.05, 3.63) is 16.5 Å². The van der Waals surface area contributed by atoms with Crippen LogP contribution in [-0.2, 0) is 0 Å². The molecule has 1 fully saturated rings. The Hall–Kier alpha value is -1.01. The first kappa shape index (κ1) is 9.54. The van der Waals surface area contributed by atoms with E-state index in [1.807, 2.05) is 0 Å². The van der Waals surface area contributed by atoms with Gasteiger partial charge in [-0.3, -0.25) is 0 Å². The van der Waals surface area contributed by atoms with Crippen LogP contribution in [0.2, 0.25) is 0 Å². The lowest BCUT2D eigenvalue weighted by molar-refractivity contribution is 0.444. The number of nitrogen functional groups attached to an aromatic ring is 1. The van der Waals surface area contributed by atoms with Crippen LogP contribution >= 0.6 is 11.3 Å². The molecule has 0 saturated heterocycles. The maximum absolute atomic E-state index is 9.00. The summed E-state index contributed by atoms with van der Waals surface area (Å²) < 4.78 is 0. The highest BCUT2D eigenvalue weighted by molar-refractivity contribution is 7.14. The molecule has 1 aliphatic rings. The van der Waals surface area contributed by atoms with Crippen molar-refractivity contribution in [2.75, 3.05) is 5.73 Å². The second kappa shape index (κ2) is 4.02. The minimum absolute atomic E-state index is 0.590. The maximum Gasteiger partial charge on any atom is 0.104 e. The van der Waals surface area contributed by atoms with Gasteiger partial charge in [0.25, 0.3) is 0 Å². The lowest BCUT2D eigenvalue weighted by atomic mass is 9.84. The van der Waals surface area contributed by atoms with E-state index in [4.69, 9.17) is 11.0 Å². The average molecular weight is 206 g/mol. The zero-order chi connectivity index (χ0) is 9.97. The molecular weight excluding hydrogens is 192 g/mol. The minimum Gasteiger partial charge on any atom is -0.389 e. The second-order valence-electron chi connectivity index (χ2n) is 3.88. The SMILES string of the molecule is N#Cc1c(C2CCCCC2)csc1N. The Labute approximate surface area is 88.4 Å². The molecule has 2 N–H and O–H groups in total. The number of nitrogens with two attached hydrogens (primary N) is 1. The monoisotopic (exact) mass is 206 g/mol. The standard InChI is InChI=1S/C11H14N2S/c12-6-9-10(7-14-11(9)13)8-4-2-1-3-5-8/h7-8H,1-5,13H2. The van der Waals surface area contributed by atoms with Gasteiger partial charge in [-0.05, 0) is 29.7 Å². The van der Waals surface area contributed by atoms with Crippen LogP contribution in [0.1, 0.15) is 49.1 Å². The molecule has 0 bridgehead atoms. The third kappa shape index (κ3) is 1.62. The molecule has 2 rings (SSSR count). The molecule has 1 saturated carbocycles. The normalized spacial score (nSPS) is 17.9. The fourth-order valence-electron chi connectivity index (χ4n) is 2.22. The molecule has 0 atom stereocenters. The van der Waals surface area contributed by atoms with E-state index in [-0.39, 0.29) is 0 Å². The fourth-order valence-corrected chi connectivity index (χ4v) is 3.07. The molecule has 1 aromatic rings. The van der Waals surface area contributed by atoms with Crippen molar-refractivity contribution in [2.45, 2.75) is 38.0 Å². The quantitative estimate of drug-likeness (QED) is 0.766. The summed E-state index contributed by atoms with van der Waals surface area (Å²) in [4.78, 5) is 0. The van der Waals surface area contributed by atoms with Crippen LogP contribution in [-0.4, -0.2) is 0 Å². The summed E-state index contributed by atoms with van der Waals surface area (Å²) in [6.07, 6.45) is 6.39. The van der Waals surface area contributed by atoms with Gasteiger partial charge < -0.3 is 5.73 Å². The molecule has 0 aliphatic heterocycles. The van der Waals surface area contributed by atoms with Crippen molar-refractivity contribution in [1.82, 2.24) is 0 Å². The molecule has 0 radical (unpaired) electrons. The molecule has 14 heavy (non-hydrogen) atoms. The lowest BCUT2D eigenvalue weighted by Gasteiger charge is -2.20. The van der Waals surface area contributed by atoms with Crippen LogP contribution in [0.5, 0.6) is 0 Å². The summed E-state index contributed by atoms with van der Waals surface area (Å²) >= 11 is 1.50. The van der Waals surface area contributed by atoms with Crippen molar-refractivity contribution >= 4 is 16.3 Å². The van der Waals surface area contributed by atoms with Gasteiger partial charge in [-0.2, -0.15) is 5.26 Å². The highest BCUT2D eigenvalue weighted by atomic mass is 32.1. The molecular formula is C11H14N2S. The van der Waals surface area contributed by atoms with Gasteiger partial charge in [0.15, 0.2) is 0 Å². The first-order chi connectivity index (χ1) is 6.83. The highest BCUT2D eigenvalue weighted by Crippen LogP contribution is 2.38. The number of hydrogen-bond acceptors (Lipinski definition) is 3. The van der Waals surface area contributed by atoms with Gasteiger partial charge in [0.2, 0.25) is 0 Å². The predicted octanol–water partition coefficient (Wildman–Crippen LogP) is 3.25. The Morgan fingerprint density at radius 2 is 2.07 bits per heavy atom. The van der Waals surface area contributed by atoms with E-state index in [1.54, 1.807) is 0 Å². The molecule has 0 aromatic carbocycles. The van der Waals surface area contributed by atoms with E-state index >= 15 is 0 Å². The molecule has 0 amide bonds. The Morgan fingerprint density at radius 3 is 2.71 bits per heavy atom. The average Bonchev–Trinajstić information content (AvgIpc) is 2.61. The Kier molecular flexibility index (Phi) is 2.74. The van der Waals surface area contributed by atoms with Gasteiger partial charge in [-0.1, -0.05) is 19.3 Å². The molecule has 74 valence electrons. The number of thiophene rings is 1. The van der Waals surface area contributed by atoms with Crippen molar-refractivity contribution < 1.29 is 0 Å². The Bertz CT molecular complexity index is 356. The molecule has 0 spiro atoms. The number of hydrogen-bond donors (Lipinski definition) is 1. The molecule has 1 aromatic heterocycles. The molecule has 2 nitrogen and oxygen atoms in total. The van der Waals surface area contributed by atoms with Crippen LogP contribution in [0.25, 0.3) is 0 Å². The zero-order valence-corrected chi connectivity index (χ0v) is 8.94. The van der Waals surface area contributed by atoms with Crippen LogP contribution in [0.4, 0.5) is 5.00 Å². The van der Waals surface area contributed by atoms with E-state index in [0.29, 0.717) is 10.9 Å². The van der Waals surface area contributed by atoms with E-state index in [0.717, 1.165) is 5.56 Å². The lowest BCUT2D eigenvalue weighted by Crippen LogP contribution is -2.05. The van der Waals surface area contributed by atoms with E-state index in [9.17, 15) is 0 Å². The van der Waals surface area contributed by atoms with Crippen molar-refractivity contribution in [1.29, 1.82) is 5.26 Å².